The molecule has 0 aromatic carbocycles. The minimum Gasteiger partial charge on any atom is -0.480 e. The molecule has 102 valence electrons. The highest BCUT2D eigenvalue weighted by Gasteiger charge is 2.53. The van der Waals surface area contributed by atoms with E-state index >= 15 is 0 Å². The van der Waals surface area contributed by atoms with Crippen LogP contribution in [0.1, 0.15) is 51.4 Å². The van der Waals surface area contributed by atoms with Gasteiger partial charge < -0.3 is 5.11 Å². The van der Waals surface area contributed by atoms with Crippen LogP contribution >= 0.6 is 11.8 Å². The van der Waals surface area contributed by atoms with Gasteiger partial charge in [0.1, 0.15) is 5.54 Å². The average Bonchev–Trinajstić information content (AvgIpc) is 3.25. The monoisotopic (exact) mass is 269 g/mol. The van der Waals surface area contributed by atoms with Crippen LogP contribution in [0.15, 0.2) is 0 Å². The van der Waals surface area contributed by atoms with Gasteiger partial charge >= 0.3 is 5.97 Å². The first-order valence-corrected chi connectivity index (χ1v) is 8.38. The summed E-state index contributed by atoms with van der Waals surface area (Å²) in [7, 11) is 0. The molecular formula is C14H23NO2S. The summed E-state index contributed by atoms with van der Waals surface area (Å²) >= 11 is 1.91. The molecule has 3 nitrogen and oxygen atoms in total. The Morgan fingerprint density at radius 3 is 2.33 bits per heavy atom. The quantitative estimate of drug-likeness (QED) is 0.746. The predicted molar refractivity (Wildman–Crippen MR) is 74.0 cm³/mol. The highest BCUT2D eigenvalue weighted by Crippen LogP contribution is 2.45. The number of hydrogen-bond donors (Lipinski definition) is 2. The molecule has 4 heteroatoms. The molecule has 3 rings (SSSR count). The maximum Gasteiger partial charge on any atom is 0.325 e. The van der Waals surface area contributed by atoms with E-state index in [1.807, 2.05) is 11.8 Å². The lowest BCUT2D eigenvalue weighted by Crippen LogP contribution is -2.57. The van der Waals surface area contributed by atoms with Gasteiger partial charge in [0, 0.05) is 17.0 Å². The van der Waals surface area contributed by atoms with Crippen molar-refractivity contribution in [3.8, 4) is 0 Å². The summed E-state index contributed by atoms with van der Waals surface area (Å²) in [6.07, 6.45) is 9.75. The smallest absolute Gasteiger partial charge is 0.325 e. The third kappa shape index (κ3) is 2.69. The molecule has 0 heterocycles. The SMILES string of the molecule is O=C(O)C(CSC1CCCC1)(NC1CC1)C1CC1. The Bertz CT molecular complexity index is 322. The number of carbonyl (C=O) groups is 1. The van der Waals surface area contributed by atoms with E-state index in [4.69, 9.17) is 0 Å². The molecule has 1 unspecified atom stereocenters. The lowest BCUT2D eigenvalue weighted by atomic mass is 9.95. The number of rotatable bonds is 7. The van der Waals surface area contributed by atoms with Crippen molar-refractivity contribution in [1.29, 1.82) is 0 Å². The molecular weight excluding hydrogens is 246 g/mol. The molecule has 3 aliphatic carbocycles. The fraction of sp³-hybridized carbons (Fsp3) is 0.929. The van der Waals surface area contributed by atoms with Gasteiger partial charge in [0.15, 0.2) is 0 Å². The summed E-state index contributed by atoms with van der Waals surface area (Å²) in [6, 6.07) is 0.478. The van der Waals surface area contributed by atoms with Crippen LogP contribution in [-0.4, -0.2) is 33.7 Å². The zero-order chi connectivity index (χ0) is 12.6. The Hall–Kier alpha value is -0.220. The van der Waals surface area contributed by atoms with Crippen LogP contribution in [0.5, 0.6) is 0 Å². The van der Waals surface area contributed by atoms with E-state index in [1.54, 1.807) is 0 Å². The van der Waals surface area contributed by atoms with Crippen LogP contribution in [-0.2, 0) is 4.79 Å². The summed E-state index contributed by atoms with van der Waals surface area (Å²) in [5.41, 5.74) is -0.617. The van der Waals surface area contributed by atoms with Crippen LogP contribution < -0.4 is 5.32 Å². The second kappa shape index (κ2) is 5.04. The van der Waals surface area contributed by atoms with E-state index in [-0.39, 0.29) is 0 Å². The minimum atomic E-state index is -0.617. The molecule has 0 amide bonds. The van der Waals surface area contributed by atoms with E-state index in [1.165, 1.54) is 25.7 Å². The zero-order valence-electron chi connectivity index (χ0n) is 10.9. The first-order chi connectivity index (χ1) is 8.71. The topological polar surface area (TPSA) is 49.3 Å². The molecule has 1 atom stereocenters. The van der Waals surface area contributed by atoms with Crippen LogP contribution in [0.25, 0.3) is 0 Å². The highest BCUT2D eigenvalue weighted by atomic mass is 32.2. The first kappa shape index (κ1) is 12.8. The number of hydrogen-bond acceptors (Lipinski definition) is 3. The normalized spacial score (nSPS) is 28.2. The molecule has 0 aliphatic heterocycles. The molecule has 3 saturated carbocycles. The molecule has 0 aromatic heterocycles. The van der Waals surface area contributed by atoms with Gasteiger partial charge in [-0.3, -0.25) is 10.1 Å². The third-order valence-corrected chi connectivity index (χ3v) is 6.11. The fourth-order valence-electron chi connectivity index (χ4n) is 3.05. The summed E-state index contributed by atoms with van der Waals surface area (Å²) in [6.45, 7) is 0. The maximum atomic E-state index is 11.8. The molecule has 0 spiro atoms. The molecule has 2 N–H and O–H groups in total. The van der Waals surface area contributed by atoms with Gasteiger partial charge in [-0.25, -0.2) is 0 Å². The molecule has 3 fully saturated rings. The van der Waals surface area contributed by atoms with Crippen molar-refractivity contribution in [2.24, 2.45) is 5.92 Å². The predicted octanol–water partition coefficient (Wildman–Crippen LogP) is 2.65. The summed E-state index contributed by atoms with van der Waals surface area (Å²) < 4.78 is 0. The van der Waals surface area contributed by atoms with Gasteiger partial charge in [-0.2, -0.15) is 11.8 Å². The van der Waals surface area contributed by atoms with Crippen molar-refractivity contribution in [3.05, 3.63) is 0 Å². The van der Waals surface area contributed by atoms with Crippen molar-refractivity contribution in [1.82, 2.24) is 5.32 Å². The minimum absolute atomic E-state index is 0.379. The Kier molecular flexibility index (Phi) is 3.59. The first-order valence-electron chi connectivity index (χ1n) is 7.33. The molecule has 0 saturated heterocycles. The van der Waals surface area contributed by atoms with E-state index in [0.29, 0.717) is 17.2 Å². The summed E-state index contributed by atoms with van der Waals surface area (Å²) in [4.78, 5) is 11.8. The third-order valence-electron chi connectivity index (χ3n) is 4.54. The van der Waals surface area contributed by atoms with Crippen LogP contribution in [0.3, 0.4) is 0 Å². The zero-order valence-corrected chi connectivity index (χ0v) is 11.7. The van der Waals surface area contributed by atoms with Gasteiger partial charge in [0.05, 0.1) is 0 Å². The van der Waals surface area contributed by atoms with Crippen molar-refractivity contribution in [2.75, 3.05) is 5.75 Å². The van der Waals surface area contributed by atoms with Gasteiger partial charge in [0.25, 0.3) is 0 Å². The molecule has 3 aliphatic rings. The average molecular weight is 269 g/mol. The van der Waals surface area contributed by atoms with Crippen LogP contribution in [0, 0.1) is 5.92 Å². The Labute approximate surface area is 113 Å². The van der Waals surface area contributed by atoms with E-state index in [2.05, 4.69) is 5.32 Å². The Morgan fingerprint density at radius 1 is 1.17 bits per heavy atom. The van der Waals surface area contributed by atoms with Crippen LogP contribution in [0.2, 0.25) is 0 Å². The molecule has 0 radical (unpaired) electrons. The standard InChI is InChI=1S/C14H23NO2S/c16-13(17)14(10-5-6-10,15-11-7-8-11)9-18-12-3-1-2-4-12/h10-12,15H,1-9H2,(H,16,17). The van der Waals surface area contributed by atoms with E-state index in [0.717, 1.165) is 31.4 Å². The molecule has 0 aromatic rings. The number of thioether (sulfide) groups is 1. The number of nitrogens with one attached hydrogen (secondary N) is 1. The fourth-order valence-corrected chi connectivity index (χ4v) is 4.66. The van der Waals surface area contributed by atoms with Crippen molar-refractivity contribution in [2.45, 2.75) is 68.2 Å². The number of carboxylic acid groups (broad SMARTS) is 1. The second-order valence-corrected chi connectivity index (χ2v) is 7.48. The van der Waals surface area contributed by atoms with Gasteiger partial charge in [-0.15, -0.1) is 0 Å². The lowest BCUT2D eigenvalue weighted by molar-refractivity contribution is -0.145. The molecule has 0 bridgehead atoms. The summed E-state index contributed by atoms with van der Waals surface area (Å²) in [5.74, 6) is 0.542. The maximum absolute atomic E-state index is 11.8. The van der Waals surface area contributed by atoms with Gasteiger partial charge in [-0.05, 0) is 44.4 Å². The lowest BCUT2D eigenvalue weighted by Gasteiger charge is -2.31. The van der Waals surface area contributed by atoms with E-state index in [9.17, 15) is 9.90 Å². The van der Waals surface area contributed by atoms with E-state index < -0.39 is 11.5 Å². The summed E-state index contributed by atoms with van der Waals surface area (Å²) in [5, 5.41) is 13.9. The Balaban J connectivity index is 1.64. The number of carboxylic acids is 1. The van der Waals surface area contributed by atoms with Gasteiger partial charge in [0.2, 0.25) is 0 Å². The Morgan fingerprint density at radius 2 is 1.83 bits per heavy atom. The second-order valence-electron chi connectivity index (χ2n) is 6.19. The van der Waals surface area contributed by atoms with Crippen molar-refractivity contribution < 1.29 is 9.90 Å². The van der Waals surface area contributed by atoms with Crippen LogP contribution in [0.4, 0.5) is 0 Å². The number of aliphatic carboxylic acids is 1. The van der Waals surface area contributed by atoms with Crippen molar-refractivity contribution >= 4 is 17.7 Å². The largest absolute Gasteiger partial charge is 0.480 e. The van der Waals surface area contributed by atoms with Gasteiger partial charge in [-0.1, -0.05) is 12.8 Å². The highest BCUT2D eigenvalue weighted by molar-refractivity contribution is 8.00. The molecule has 18 heavy (non-hydrogen) atoms. The van der Waals surface area contributed by atoms with Crippen molar-refractivity contribution in [3.63, 3.8) is 0 Å².